The molecule has 1 fully saturated rings. The van der Waals surface area contributed by atoms with Crippen LogP contribution in [-0.4, -0.2) is 11.6 Å². The van der Waals surface area contributed by atoms with Gasteiger partial charge in [0.25, 0.3) is 0 Å². The Morgan fingerprint density at radius 1 is 0.913 bits per heavy atom. The van der Waals surface area contributed by atoms with Crippen LogP contribution >= 0.6 is 0 Å². The molecule has 3 aliphatic rings. The van der Waals surface area contributed by atoms with E-state index in [9.17, 15) is 4.79 Å². The molecule has 112 valence electrons. The van der Waals surface area contributed by atoms with E-state index in [4.69, 9.17) is 4.74 Å². The first-order chi connectivity index (χ1) is 11.3. The lowest BCUT2D eigenvalue weighted by molar-refractivity contribution is -0.139. The molecule has 1 saturated carbocycles. The van der Waals surface area contributed by atoms with Gasteiger partial charge in [-0.25, -0.2) is 4.79 Å². The number of carbonyl (C=O) groups excluding carboxylic acids is 1. The Morgan fingerprint density at radius 3 is 2.17 bits per heavy atom. The molecular weight excluding hydrogens is 284 g/mol. The summed E-state index contributed by atoms with van der Waals surface area (Å²) in [5, 5.41) is 0. The number of allylic oxidation sites excluding steroid dienone is 1. The van der Waals surface area contributed by atoms with Crippen LogP contribution < -0.4 is 0 Å². The van der Waals surface area contributed by atoms with Crippen LogP contribution in [0.5, 0.6) is 0 Å². The van der Waals surface area contributed by atoms with Gasteiger partial charge >= 0.3 is 5.97 Å². The van der Waals surface area contributed by atoms with Gasteiger partial charge in [0.2, 0.25) is 0 Å². The lowest BCUT2D eigenvalue weighted by atomic mass is 9.89. The largest absolute Gasteiger partial charge is 0.450 e. The molecule has 0 amide bonds. The Labute approximate surface area is 135 Å². The minimum absolute atomic E-state index is 0.183. The summed E-state index contributed by atoms with van der Waals surface area (Å²) in [5.74, 6) is 0.559. The molecule has 2 aromatic rings. The number of rotatable bonds is 2. The van der Waals surface area contributed by atoms with Gasteiger partial charge in [-0.2, -0.15) is 0 Å². The number of esters is 1. The van der Waals surface area contributed by atoms with Gasteiger partial charge in [-0.05, 0) is 17.5 Å². The van der Waals surface area contributed by atoms with E-state index in [2.05, 4.69) is 24.3 Å². The van der Waals surface area contributed by atoms with Gasteiger partial charge in [-0.3, -0.25) is 0 Å². The van der Waals surface area contributed by atoms with Gasteiger partial charge in [0, 0.05) is 17.4 Å². The van der Waals surface area contributed by atoms with Gasteiger partial charge in [-0.1, -0.05) is 72.8 Å². The Balaban J connectivity index is 1.77. The molecule has 0 bridgehead atoms. The lowest BCUT2D eigenvalue weighted by Crippen LogP contribution is -2.18. The topological polar surface area (TPSA) is 26.3 Å². The second-order valence-electron chi connectivity index (χ2n) is 6.46. The molecule has 0 radical (unpaired) electrons. The van der Waals surface area contributed by atoms with Crippen LogP contribution in [0.1, 0.15) is 17.5 Å². The third-order valence-corrected chi connectivity index (χ3v) is 5.34. The van der Waals surface area contributed by atoms with Gasteiger partial charge in [0.05, 0.1) is 5.57 Å². The monoisotopic (exact) mass is 300 g/mol. The molecule has 2 heteroatoms. The molecule has 0 unspecified atom stereocenters. The van der Waals surface area contributed by atoms with Crippen LogP contribution in [0.3, 0.4) is 0 Å². The molecule has 1 aliphatic heterocycles. The molecule has 5 rings (SSSR count). The van der Waals surface area contributed by atoms with Crippen molar-refractivity contribution in [2.45, 2.75) is 12.0 Å². The number of hydrogen-bond donors (Lipinski definition) is 0. The SMILES string of the molecule is O=C1O[C@]2(C(c3ccccc3)=C1c1ccccc1)[C@@H]1CC=C[C@@H]12. The van der Waals surface area contributed by atoms with Gasteiger partial charge < -0.3 is 4.74 Å². The van der Waals surface area contributed by atoms with Crippen molar-refractivity contribution in [3.05, 3.63) is 83.9 Å². The van der Waals surface area contributed by atoms with Crippen molar-refractivity contribution >= 4 is 17.1 Å². The highest BCUT2D eigenvalue weighted by Crippen LogP contribution is 2.69. The van der Waals surface area contributed by atoms with E-state index in [1.165, 1.54) is 0 Å². The van der Waals surface area contributed by atoms with Crippen LogP contribution in [0.2, 0.25) is 0 Å². The Hall–Kier alpha value is -2.61. The molecular formula is C21H16O2. The molecule has 2 aromatic carbocycles. The highest BCUT2D eigenvalue weighted by atomic mass is 16.6. The predicted molar refractivity (Wildman–Crippen MR) is 89.3 cm³/mol. The third-order valence-electron chi connectivity index (χ3n) is 5.34. The number of carbonyl (C=O) groups is 1. The fourth-order valence-corrected chi connectivity index (χ4v) is 4.32. The summed E-state index contributed by atoms with van der Waals surface area (Å²) >= 11 is 0. The van der Waals surface area contributed by atoms with E-state index in [0.29, 0.717) is 11.8 Å². The molecule has 23 heavy (non-hydrogen) atoms. The van der Waals surface area contributed by atoms with E-state index in [-0.39, 0.29) is 5.97 Å². The maximum atomic E-state index is 12.7. The quantitative estimate of drug-likeness (QED) is 0.616. The maximum absolute atomic E-state index is 12.7. The van der Waals surface area contributed by atoms with Crippen LogP contribution in [-0.2, 0) is 9.53 Å². The minimum Gasteiger partial charge on any atom is -0.450 e. The van der Waals surface area contributed by atoms with Gasteiger partial charge in [0.15, 0.2) is 0 Å². The van der Waals surface area contributed by atoms with E-state index in [0.717, 1.165) is 28.7 Å². The second-order valence-corrected chi connectivity index (χ2v) is 6.46. The highest BCUT2D eigenvalue weighted by Gasteiger charge is 2.73. The van der Waals surface area contributed by atoms with Crippen LogP contribution in [0.4, 0.5) is 0 Å². The molecule has 0 aromatic heterocycles. The zero-order valence-electron chi connectivity index (χ0n) is 12.6. The van der Waals surface area contributed by atoms with Crippen LogP contribution in [0.15, 0.2) is 72.8 Å². The fourth-order valence-electron chi connectivity index (χ4n) is 4.32. The molecule has 1 heterocycles. The summed E-state index contributed by atoms with van der Waals surface area (Å²) < 4.78 is 6.00. The van der Waals surface area contributed by atoms with E-state index < -0.39 is 5.60 Å². The molecule has 2 nitrogen and oxygen atoms in total. The summed E-state index contributed by atoms with van der Waals surface area (Å²) in [4.78, 5) is 12.7. The summed E-state index contributed by atoms with van der Waals surface area (Å²) in [6.07, 6.45) is 5.42. The van der Waals surface area contributed by atoms with E-state index in [1.807, 2.05) is 48.5 Å². The normalized spacial score (nSPS) is 30.7. The average Bonchev–Trinajstić information content (AvgIpc) is 2.95. The minimum atomic E-state index is -0.432. The molecule has 3 atom stereocenters. The average molecular weight is 300 g/mol. The Bertz CT molecular complexity index is 848. The van der Waals surface area contributed by atoms with Crippen molar-refractivity contribution in [1.29, 1.82) is 0 Å². The van der Waals surface area contributed by atoms with Crippen molar-refractivity contribution in [2.75, 3.05) is 0 Å². The van der Waals surface area contributed by atoms with Crippen molar-refractivity contribution in [1.82, 2.24) is 0 Å². The smallest absolute Gasteiger partial charge is 0.340 e. The van der Waals surface area contributed by atoms with Gasteiger partial charge in [0.1, 0.15) is 5.60 Å². The maximum Gasteiger partial charge on any atom is 0.340 e. The van der Waals surface area contributed by atoms with Crippen molar-refractivity contribution in [3.8, 4) is 0 Å². The number of hydrogen-bond acceptors (Lipinski definition) is 2. The van der Waals surface area contributed by atoms with Crippen molar-refractivity contribution < 1.29 is 9.53 Å². The molecule has 0 N–H and O–H groups in total. The molecule has 2 aliphatic carbocycles. The Morgan fingerprint density at radius 2 is 1.57 bits per heavy atom. The summed E-state index contributed by atoms with van der Waals surface area (Å²) in [6.45, 7) is 0. The van der Waals surface area contributed by atoms with Gasteiger partial charge in [-0.15, -0.1) is 0 Å². The first-order valence-corrected chi connectivity index (χ1v) is 8.08. The number of benzene rings is 2. The zero-order chi connectivity index (χ0) is 15.4. The zero-order valence-corrected chi connectivity index (χ0v) is 12.6. The third kappa shape index (κ3) is 1.61. The number of ether oxygens (including phenoxy) is 1. The summed E-state index contributed by atoms with van der Waals surface area (Å²) in [6, 6.07) is 20.1. The summed E-state index contributed by atoms with van der Waals surface area (Å²) in [7, 11) is 0. The van der Waals surface area contributed by atoms with Crippen molar-refractivity contribution in [2.24, 2.45) is 11.8 Å². The van der Waals surface area contributed by atoms with Crippen LogP contribution in [0.25, 0.3) is 11.1 Å². The predicted octanol–water partition coefficient (Wildman–Crippen LogP) is 4.10. The lowest BCUT2D eigenvalue weighted by Gasteiger charge is -2.17. The first-order valence-electron chi connectivity index (χ1n) is 8.08. The second kappa shape index (κ2) is 4.45. The molecule has 0 saturated heterocycles. The Kier molecular flexibility index (Phi) is 2.49. The van der Waals surface area contributed by atoms with E-state index in [1.54, 1.807) is 0 Å². The fraction of sp³-hybridized carbons (Fsp3) is 0.190. The molecule has 1 spiro atoms. The van der Waals surface area contributed by atoms with Crippen LogP contribution in [0, 0.1) is 11.8 Å². The standard InChI is InChI=1S/C21H16O2/c22-20-18(14-8-3-1-4-9-14)19(15-10-5-2-6-11-15)21(23-20)16-12-7-13-17(16)21/h1-12,16-17H,13H2/t16-,17+,21-/m0/s1. The van der Waals surface area contributed by atoms with Crippen molar-refractivity contribution in [3.63, 3.8) is 0 Å². The number of fused-ring (bicyclic) bond motifs is 3. The first kappa shape index (κ1) is 12.9. The highest BCUT2D eigenvalue weighted by molar-refractivity contribution is 6.29. The van der Waals surface area contributed by atoms with E-state index >= 15 is 0 Å². The summed E-state index contributed by atoms with van der Waals surface area (Å²) in [5.41, 5.74) is 3.42.